The molecule has 0 spiro atoms. The zero-order valence-corrected chi connectivity index (χ0v) is 31.8. The lowest BCUT2D eigenvalue weighted by Crippen LogP contribution is -1.97. The molecule has 0 saturated carbocycles. The van der Waals surface area contributed by atoms with Gasteiger partial charge < -0.3 is 0 Å². The molecule has 4 heteroatoms. The summed E-state index contributed by atoms with van der Waals surface area (Å²) in [7, 11) is 0. The minimum Gasteiger partial charge on any atom is -0.228 e. The van der Waals surface area contributed by atoms with Crippen molar-refractivity contribution in [3.8, 4) is 67.3 Å². The first kappa shape index (κ1) is 32.7. The maximum Gasteiger partial charge on any atom is 0.160 e. The van der Waals surface area contributed by atoms with Crippen LogP contribution in [0.4, 0.5) is 0 Å². The van der Waals surface area contributed by atoms with Gasteiger partial charge in [0.2, 0.25) is 0 Å². The summed E-state index contributed by atoms with van der Waals surface area (Å²) in [6.07, 6.45) is 0. The molecule has 0 unspecified atom stereocenters. The van der Waals surface area contributed by atoms with Crippen molar-refractivity contribution in [2.75, 3.05) is 0 Å². The zero-order chi connectivity index (χ0) is 37.0. The van der Waals surface area contributed by atoms with Crippen molar-refractivity contribution < 1.29 is 0 Å². The molecule has 0 aliphatic carbocycles. The lowest BCUT2D eigenvalue weighted by atomic mass is 9.91. The number of rotatable bonds is 6. The van der Waals surface area contributed by atoms with Crippen LogP contribution in [0.2, 0.25) is 0 Å². The molecule has 3 aromatic heterocycles. The Kier molecular flexibility index (Phi) is 7.90. The summed E-state index contributed by atoms with van der Waals surface area (Å²) in [6.45, 7) is 0. The molecule has 8 aromatic carbocycles. The maximum absolute atomic E-state index is 5.36. The Morgan fingerprint density at radius 1 is 0.268 bits per heavy atom. The highest BCUT2D eigenvalue weighted by Crippen LogP contribution is 2.42. The van der Waals surface area contributed by atoms with E-state index in [9.17, 15) is 0 Å². The molecule has 56 heavy (non-hydrogen) atoms. The number of fused-ring (bicyclic) bond motifs is 6. The summed E-state index contributed by atoms with van der Waals surface area (Å²) in [5.74, 6) is 0.701. The van der Waals surface area contributed by atoms with Crippen LogP contribution in [0.15, 0.2) is 194 Å². The van der Waals surface area contributed by atoms with Gasteiger partial charge in [0, 0.05) is 57.0 Å². The zero-order valence-electron chi connectivity index (χ0n) is 30.2. The van der Waals surface area contributed by atoms with Gasteiger partial charge in [-0.1, -0.05) is 146 Å². The van der Waals surface area contributed by atoms with Gasteiger partial charge in [0.15, 0.2) is 5.82 Å². The van der Waals surface area contributed by atoms with Crippen molar-refractivity contribution in [3.63, 3.8) is 0 Å². The first-order valence-electron chi connectivity index (χ1n) is 18.8. The minimum absolute atomic E-state index is 0.701. The highest BCUT2D eigenvalue weighted by Gasteiger charge is 2.18. The van der Waals surface area contributed by atoms with E-state index in [1.807, 2.05) is 28.7 Å². The van der Waals surface area contributed by atoms with Crippen molar-refractivity contribution >= 4 is 63.0 Å². The van der Waals surface area contributed by atoms with E-state index >= 15 is 0 Å². The highest BCUT2D eigenvalue weighted by molar-refractivity contribution is 7.26. The topological polar surface area (TPSA) is 25.8 Å². The second kappa shape index (κ2) is 13.5. The first-order valence-corrected chi connectivity index (χ1v) is 20.4. The summed E-state index contributed by atoms with van der Waals surface area (Å²) in [5, 5.41) is 5.16. The predicted molar refractivity (Wildman–Crippen MR) is 240 cm³/mol. The molecular formula is C52H32N2S2. The van der Waals surface area contributed by atoms with Gasteiger partial charge in [0.1, 0.15) is 0 Å². The molecule has 0 amide bonds. The minimum atomic E-state index is 0.701. The standard InChI is InChI=1S/C52H32N2S2/c1-3-11-33(12-4-1)34-19-21-35(22-20-34)46-32-47(54-52(53-46)36-13-5-2-6-14-36)43-29-37(38-24-27-50-44(30-38)41-15-7-9-17-48(41)55-50)23-26-40(43)39-25-28-51-45(31-39)42-16-8-10-18-49(42)56-51/h1-32H. The lowest BCUT2D eigenvalue weighted by molar-refractivity contribution is 1.18. The molecule has 11 aromatic rings. The van der Waals surface area contributed by atoms with Gasteiger partial charge in [-0.25, -0.2) is 9.97 Å². The van der Waals surface area contributed by atoms with Crippen molar-refractivity contribution in [1.82, 2.24) is 9.97 Å². The van der Waals surface area contributed by atoms with E-state index < -0.39 is 0 Å². The Morgan fingerprint density at radius 2 is 0.732 bits per heavy atom. The summed E-state index contributed by atoms with van der Waals surface area (Å²) in [4.78, 5) is 10.6. The fraction of sp³-hybridized carbons (Fsp3) is 0. The van der Waals surface area contributed by atoms with Crippen LogP contribution in [0.5, 0.6) is 0 Å². The second-order valence-electron chi connectivity index (χ2n) is 14.2. The Hall–Kier alpha value is -6.72. The van der Waals surface area contributed by atoms with Crippen LogP contribution in [-0.4, -0.2) is 9.97 Å². The molecule has 0 fully saturated rings. The molecule has 3 heterocycles. The average Bonchev–Trinajstić information content (AvgIpc) is 3.84. The SMILES string of the molecule is c1ccc(-c2ccc(-c3cc(-c4cc(-c5ccc6sc7ccccc7c6c5)ccc4-c4ccc5sc6ccccc6c5c4)nc(-c4ccccc4)n3)cc2)cc1. The molecule has 0 aliphatic rings. The first-order chi connectivity index (χ1) is 27.7. The Morgan fingerprint density at radius 3 is 1.41 bits per heavy atom. The molecule has 0 saturated heterocycles. The van der Waals surface area contributed by atoms with Gasteiger partial charge in [-0.15, -0.1) is 22.7 Å². The van der Waals surface area contributed by atoms with Gasteiger partial charge in [0.05, 0.1) is 11.4 Å². The van der Waals surface area contributed by atoms with Gasteiger partial charge in [-0.05, 0) is 81.9 Å². The molecule has 0 bridgehead atoms. The van der Waals surface area contributed by atoms with Crippen LogP contribution >= 0.6 is 22.7 Å². The second-order valence-corrected chi connectivity index (χ2v) is 16.3. The fourth-order valence-electron chi connectivity index (χ4n) is 7.90. The van der Waals surface area contributed by atoms with Crippen LogP contribution in [-0.2, 0) is 0 Å². The van der Waals surface area contributed by atoms with Crippen LogP contribution in [0.3, 0.4) is 0 Å². The quantitative estimate of drug-likeness (QED) is 0.169. The lowest BCUT2D eigenvalue weighted by Gasteiger charge is -2.15. The molecule has 0 radical (unpaired) electrons. The summed E-state index contributed by atoms with van der Waals surface area (Å²) >= 11 is 3.70. The Balaban J connectivity index is 1.13. The normalized spacial score (nSPS) is 11.6. The molecule has 2 nitrogen and oxygen atoms in total. The number of thiophene rings is 2. The predicted octanol–water partition coefficient (Wildman–Crippen LogP) is 15.2. The average molecular weight is 749 g/mol. The highest BCUT2D eigenvalue weighted by atomic mass is 32.1. The summed E-state index contributed by atoms with van der Waals surface area (Å²) in [5.41, 5.74) is 11.9. The van der Waals surface area contributed by atoms with E-state index in [0.29, 0.717) is 5.82 Å². The van der Waals surface area contributed by atoms with Crippen molar-refractivity contribution in [2.45, 2.75) is 0 Å². The smallest absolute Gasteiger partial charge is 0.160 e. The number of benzene rings is 8. The molecule has 0 aliphatic heterocycles. The molecule has 11 rings (SSSR count). The number of hydrogen-bond acceptors (Lipinski definition) is 4. The van der Waals surface area contributed by atoms with Crippen LogP contribution in [0.25, 0.3) is 108 Å². The number of nitrogens with zero attached hydrogens (tertiary/aromatic N) is 2. The number of hydrogen-bond donors (Lipinski definition) is 0. The van der Waals surface area contributed by atoms with Gasteiger partial charge in [0.25, 0.3) is 0 Å². The third-order valence-corrected chi connectivity index (χ3v) is 13.0. The third-order valence-electron chi connectivity index (χ3n) is 10.7. The van der Waals surface area contributed by atoms with E-state index in [0.717, 1.165) is 44.8 Å². The van der Waals surface area contributed by atoms with E-state index in [4.69, 9.17) is 9.97 Å². The van der Waals surface area contributed by atoms with Gasteiger partial charge in [-0.3, -0.25) is 0 Å². The Bertz CT molecular complexity index is 3230. The molecule has 262 valence electrons. The molecular weight excluding hydrogens is 717 g/mol. The third kappa shape index (κ3) is 5.79. The fourth-order valence-corrected chi connectivity index (χ4v) is 10.1. The van der Waals surface area contributed by atoms with Crippen molar-refractivity contribution in [3.05, 3.63) is 194 Å². The molecule has 0 N–H and O–H groups in total. The van der Waals surface area contributed by atoms with E-state index in [1.54, 1.807) is 0 Å². The van der Waals surface area contributed by atoms with Crippen LogP contribution in [0.1, 0.15) is 0 Å². The van der Waals surface area contributed by atoms with Gasteiger partial charge >= 0.3 is 0 Å². The van der Waals surface area contributed by atoms with Crippen molar-refractivity contribution in [1.29, 1.82) is 0 Å². The summed E-state index contributed by atoms with van der Waals surface area (Å²) < 4.78 is 5.21. The van der Waals surface area contributed by atoms with Gasteiger partial charge in [-0.2, -0.15) is 0 Å². The Labute approximate surface area is 332 Å². The number of aromatic nitrogens is 2. The van der Waals surface area contributed by atoms with E-state index in [1.165, 1.54) is 57.0 Å². The van der Waals surface area contributed by atoms with Crippen LogP contribution < -0.4 is 0 Å². The monoisotopic (exact) mass is 748 g/mol. The van der Waals surface area contributed by atoms with Crippen LogP contribution in [0, 0.1) is 0 Å². The molecule has 0 atom stereocenters. The maximum atomic E-state index is 5.36. The van der Waals surface area contributed by atoms with E-state index in [2.05, 4.69) is 188 Å². The van der Waals surface area contributed by atoms with Crippen molar-refractivity contribution in [2.24, 2.45) is 0 Å². The largest absolute Gasteiger partial charge is 0.228 e. The van der Waals surface area contributed by atoms with E-state index in [-0.39, 0.29) is 0 Å². The summed E-state index contributed by atoms with van der Waals surface area (Å²) in [6, 6.07) is 69.8.